The van der Waals surface area contributed by atoms with Gasteiger partial charge in [-0.15, -0.1) is 0 Å². The number of aryl methyl sites for hydroxylation is 1. The summed E-state index contributed by atoms with van der Waals surface area (Å²) in [5, 5.41) is 6.70. The first kappa shape index (κ1) is 25.9. The molecule has 0 bridgehead atoms. The first-order valence-corrected chi connectivity index (χ1v) is 14.3. The van der Waals surface area contributed by atoms with Crippen LogP contribution in [0.1, 0.15) is 24.8 Å². The number of pyridine rings is 2. The van der Waals surface area contributed by atoms with Crippen LogP contribution in [0.4, 0.5) is 20.5 Å². The van der Waals surface area contributed by atoms with E-state index >= 15 is 0 Å². The molecule has 1 aliphatic rings. The van der Waals surface area contributed by atoms with Crippen molar-refractivity contribution >= 4 is 33.0 Å². The molecule has 0 unspecified atom stereocenters. The van der Waals surface area contributed by atoms with Gasteiger partial charge in [0.25, 0.3) is 10.0 Å². The van der Waals surface area contributed by atoms with E-state index in [1.54, 1.807) is 54.7 Å². The normalized spacial score (nSPS) is 17.3. The minimum absolute atomic E-state index is 0.0481. The van der Waals surface area contributed by atoms with Gasteiger partial charge in [-0.1, -0.05) is 23.8 Å². The fourth-order valence-corrected chi connectivity index (χ4v) is 6.44. The summed E-state index contributed by atoms with van der Waals surface area (Å²) in [5.41, 5.74) is 1.94. The molecule has 6 rings (SSSR count). The molecule has 1 fully saturated rings. The van der Waals surface area contributed by atoms with Gasteiger partial charge in [-0.25, -0.2) is 32.2 Å². The molecule has 11 heteroatoms. The van der Waals surface area contributed by atoms with E-state index in [-0.39, 0.29) is 34.1 Å². The molecule has 3 aromatic heterocycles. The van der Waals surface area contributed by atoms with Gasteiger partial charge >= 0.3 is 0 Å². The zero-order valence-corrected chi connectivity index (χ0v) is 22.4. The number of anilines is 2. The number of fused-ring (bicyclic) bond motifs is 1. The lowest BCUT2D eigenvalue weighted by Crippen LogP contribution is -2.24. The Hall–Kier alpha value is -4.38. The van der Waals surface area contributed by atoms with Crippen LogP contribution in [0.5, 0.6) is 0 Å². The van der Waals surface area contributed by atoms with Crippen LogP contribution in [0.25, 0.3) is 22.3 Å². The smallest absolute Gasteiger partial charge is 0.272 e. The maximum Gasteiger partial charge on any atom is 0.272 e. The van der Waals surface area contributed by atoms with Crippen molar-refractivity contribution in [2.45, 2.75) is 43.2 Å². The van der Waals surface area contributed by atoms with Gasteiger partial charge in [0, 0.05) is 30.0 Å². The number of imidazole rings is 1. The molecule has 40 heavy (non-hydrogen) atoms. The second-order valence-corrected chi connectivity index (χ2v) is 11.7. The van der Waals surface area contributed by atoms with Crippen LogP contribution >= 0.6 is 0 Å². The lowest BCUT2D eigenvalue weighted by Gasteiger charge is -2.17. The van der Waals surface area contributed by atoms with E-state index in [1.807, 2.05) is 6.92 Å². The molecule has 0 saturated heterocycles. The highest BCUT2D eigenvalue weighted by Gasteiger charge is 2.30. The van der Waals surface area contributed by atoms with E-state index in [9.17, 15) is 17.2 Å². The molecule has 8 nitrogen and oxygen atoms in total. The lowest BCUT2D eigenvalue weighted by molar-refractivity contribution is 0.587. The molecule has 0 radical (unpaired) electrons. The second-order valence-electron chi connectivity index (χ2n) is 9.89. The topological polar surface area (TPSA) is 102 Å². The van der Waals surface area contributed by atoms with Gasteiger partial charge in [-0.2, -0.15) is 3.97 Å². The van der Waals surface area contributed by atoms with Gasteiger partial charge in [0.1, 0.15) is 23.0 Å². The average molecular weight is 561 g/mol. The summed E-state index contributed by atoms with van der Waals surface area (Å²) in [6.07, 6.45) is 5.26. The van der Waals surface area contributed by atoms with Crippen molar-refractivity contribution in [3.63, 3.8) is 0 Å². The summed E-state index contributed by atoms with van der Waals surface area (Å²) in [7, 11) is -3.96. The Morgan fingerprint density at radius 3 is 2.30 bits per heavy atom. The Balaban J connectivity index is 1.20. The quantitative estimate of drug-likeness (QED) is 0.261. The summed E-state index contributed by atoms with van der Waals surface area (Å²) in [4.78, 5) is 13.4. The summed E-state index contributed by atoms with van der Waals surface area (Å²) < 4.78 is 56.8. The van der Waals surface area contributed by atoms with E-state index in [1.165, 1.54) is 28.4 Å². The van der Waals surface area contributed by atoms with Gasteiger partial charge in [0.15, 0.2) is 5.65 Å². The maximum absolute atomic E-state index is 14.1. The number of aromatic nitrogens is 4. The van der Waals surface area contributed by atoms with E-state index in [2.05, 4.69) is 25.6 Å². The van der Waals surface area contributed by atoms with Crippen molar-refractivity contribution in [1.29, 1.82) is 0 Å². The van der Waals surface area contributed by atoms with Crippen molar-refractivity contribution in [3.05, 3.63) is 96.3 Å². The number of benzene rings is 2. The third-order valence-corrected chi connectivity index (χ3v) is 8.76. The van der Waals surface area contributed by atoms with Crippen LogP contribution in [0.2, 0.25) is 0 Å². The van der Waals surface area contributed by atoms with E-state index < -0.39 is 21.7 Å². The summed E-state index contributed by atoms with van der Waals surface area (Å²) >= 11 is 0. The number of hydrogen-bond donors (Lipinski definition) is 2. The van der Waals surface area contributed by atoms with Crippen LogP contribution in [-0.2, 0) is 10.0 Å². The Morgan fingerprint density at radius 1 is 0.875 bits per heavy atom. The van der Waals surface area contributed by atoms with Crippen LogP contribution in [0, 0.1) is 18.6 Å². The summed E-state index contributed by atoms with van der Waals surface area (Å²) in [6.45, 7) is 1.90. The molecule has 3 heterocycles. The van der Waals surface area contributed by atoms with Crippen LogP contribution in [0.15, 0.2) is 84.0 Å². The predicted octanol–water partition coefficient (Wildman–Crippen LogP) is 5.76. The Bertz CT molecular complexity index is 1770. The first-order valence-electron chi connectivity index (χ1n) is 12.9. The van der Waals surface area contributed by atoms with Crippen molar-refractivity contribution in [3.8, 4) is 11.1 Å². The molecule has 1 aliphatic carbocycles. The van der Waals surface area contributed by atoms with Gasteiger partial charge in [-0.3, -0.25) is 0 Å². The summed E-state index contributed by atoms with van der Waals surface area (Å²) in [5.74, 6) is -0.477. The number of nitrogens with zero attached hydrogens (tertiary/aromatic N) is 4. The number of nitrogens with one attached hydrogen (secondary N) is 2. The van der Waals surface area contributed by atoms with Gasteiger partial charge < -0.3 is 10.6 Å². The first-order chi connectivity index (χ1) is 19.3. The lowest BCUT2D eigenvalue weighted by atomic mass is 10.1. The fourth-order valence-electron chi connectivity index (χ4n) is 5.06. The third-order valence-electron chi connectivity index (χ3n) is 7.07. The number of rotatable bonds is 7. The molecule has 2 atom stereocenters. The van der Waals surface area contributed by atoms with Crippen LogP contribution < -0.4 is 10.6 Å². The Kier molecular flexibility index (Phi) is 6.67. The maximum atomic E-state index is 14.1. The van der Waals surface area contributed by atoms with Gasteiger partial charge in [0.2, 0.25) is 5.95 Å². The molecule has 2 aromatic carbocycles. The SMILES string of the molecule is Cc1ccc(S(=O)(=O)n2c(N[C@H]3CC[C@H](Nc4ccc(-c5c(F)cccc5F)cn4)C3)nc3cccnc32)cc1. The molecule has 0 amide bonds. The molecule has 204 valence electrons. The van der Waals surface area contributed by atoms with Crippen molar-refractivity contribution < 1.29 is 17.2 Å². The highest BCUT2D eigenvalue weighted by Crippen LogP contribution is 2.30. The largest absolute Gasteiger partial charge is 0.367 e. The minimum Gasteiger partial charge on any atom is -0.367 e. The Labute approximate surface area is 230 Å². The zero-order chi connectivity index (χ0) is 27.9. The van der Waals surface area contributed by atoms with E-state index in [0.29, 0.717) is 23.3 Å². The molecule has 0 aliphatic heterocycles. The third kappa shape index (κ3) is 4.88. The van der Waals surface area contributed by atoms with Crippen molar-refractivity contribution in [2.24, 2.45) is 0 Å². The monoisotopic (exact) mass is 560 g/mol. The Morgan fingerprint density at radius 2 is 1.60 bits per heavy atom. The van der Waals surface area contributed by atoms with Crippen LogP contribution in [-0.4, -0.2) is 39.4 Å². The van der Waals surface area contributed by atoms with Crippen molar-refractivity contribution in [2.75, 3.05) is 10.6 Å². The highest BCUT2D eigenvalue weighted by atomic mass is 32.2. The number of hydrogen-bond acceptors (Lipinski definition) is 7. The molecule has 0 spiro atoms. The average Bonchev–Trinajstić information content (AvgIpc) is 3.54. The molecular formula is C29H26F2N6O2S. The molecule has 1 saturated carbocycles. The predicted molar refractivity (Wildman–Crippen MR) is 150 cm³/mol. The van der Waals surface area contributed by atoms with Crippen molar-refractivity contribution in [1.82, 2.24) is 18.9 Å². The van der Waals surface area contributed by atoms with E-state index in [0.717, 1.165) is 18.4 Å². The van der Waals surface area contributed by atoms with Gasteiger partial charge in [-0.05, 0) is 74.7 Å². The molecule has 2 N–H and O–H groups in total. The standard InChI is InChI=1S/C29H26F2N6O2S/c1-18-7-12-22(13-8-18)40(38,39)37-28-25(6-3-15-32-28)36-29(37)35-21-11-10-20(16-21)34-26-14-9-19(17-33-26)27-23(30)4-2-5-24(27)31/h2-9,12-15,17,20-21H,10-11,16H2,1H3,(H,33,34)(H,35,36)/t20-,21-/m0/s1. The van der Waals surface area contributed by atoms with Crippen LogP contribution in [0.3, 0.4) is 0 Å². The molecular weight excluding hydrogens is 534 g/mol. The number of halogens is 2. The minimum atomic E-state index is -3.96. The second kappa shape index (κ2) is 10.3. The summed E-state index contributed by atoms with van der Waals surface area (Å²) in [6, 6.07) is 17.2. The zero-order valence-electron chi connectivity index (χ0n) is 21.6. The fraction of sp³-hybridized carbons (Fsp3) is 0.207. The van der Waals surface area contributed by atoms with E-state index in [4.69, 9.17) is 0 Å². The molecule has 5 aromatic rings. The van der Waals surface area contributed by atoms with Gasteiger partial charge in [0.05, 0.1) is 10.5 Å². The highest BCUT2D eigenvalue weighted by molar-refractivity contribution is 7.90.